The van der Waals surface area contributed by atoms with Gasteiger partial charge in [0.1, 0.15) is 17.5 Å². The van der Waals surface area contributed by atoms with E-state index in [0.29, 0.717) is 0 Å². The first-order valence-corrected chi connectivity index (χ1v) is 9.55. The third-order valence-electron chi connectivity index (χ3n) is 3.59. The highest BCUT2D eigenvalue weighted by Crippen LogP contribution is 2.27. The van der Waals surface area contributed by atoms with Gasteiger partial charge in [-0.3, -0.25) is 4.79 Å². The van der Waals surface area contributed by atoms with Crippen LogP contribution in [0, 0.1) is 17.5 Å². The van der Waals surface area contributed by atoms with E-state index in [4.69, 9.17) is 0 Å². The Morgan fingerprint density at radius 1 is 1.04 bits per heavy atom. The largest absolute Gasteiger partial charge is 0.344 e. The van der Waals surface area contributed by atoms with Gasteiger partial charge in [0, 0.05) is 15.8 Å². The molecule has 26 heavy (non-hydrogen) atoms. The number of thiophene rings is 1. The van der Waals surface area contributed by atoms with Gasteiger partial charge in [-0.2, -0.15) is 0 Å². The van der Waals surface area contributed by atoms with Crippen LogP contribution in [0.3, 0.4) is 0 Å². The molecule has 134 valence electrons. The van der Waals surface area contributed by atoms with Gasteiger partial charge in [-0.25, -0.2) is 13.2 Å². The maximum Gasteiger partial charge on any atom is 0.231 e. The zero-order valence-corrected chi connectivity index (χ0v) is 15.0. The van der Waals surface area contributed by atoms with Crippen LogP contribution in [0.2, 0.25) is 0 Å². The fourth-order valence-electron chi connectivity index (χ4n) is 2.37. The first kappa shape index (κ1) is 18.5. The average molecular weight is 393 g/mol. The van der Waals surface area contributed by atoms with E-state index in [1.165, 1.54) is 29.5 Å². The highest BCUT2D eigenvalue weighted by molar-refractivity contribution is 8.00. The van der Waals surface area contributed by atoms with Crippen LogP contribution in [0.1, 0.15) is 16.5 Å². The van der Waals surface area contributed by atoms with Crippen molar-refractivity contribution in [3.63, 3.8) is 0 Å². The lowest BCUT2D eigenvalue weighted by molar-refractivity contribution is -0.119. The van der Waals surface area contributed by atoms with E-state index in [2.05, 4.69) is 5.32 Å². The fourth-order valence-corrected chi connectivity index (χ4v) is 3.90. The minimum atomic E-state index is -0.698. The summed E-state index contributed by atoms with van der Waals surface area (Å²) in [4.78, 5) is 13.5. The monoisotopic (exact) mass is 393 g/mol. The second-order valence-electron chi connectivity index (χ2n) is 5.43. The number of benzene rings is 2. The molecule has 2 nitrogen and oxygen atoms in total. The summed E-state index contributed by atoms with van der Waals surface area (Å²) in [7, 11) is 0. The van der Waals surface area contributed by atoms with Gasteiger partial charge in [0.05, 0.1) is 11.8 Å². The van der Waals surface area contributed by atoms with Gasteiger partial charge in [0.15, 0.2) is 0 Å². The van der Waals surface area contributed by atoms with Crippen molar-refractivity contribution in [1.29, 1.82) is 0 Å². The van der Waals surface area contributed by atoms with Crippen molar-refractivity contribution in [2.75, 3.05) is 5.75 Å². The lowest BCUT2D eigenvalue weighted by atomic mass is 10.1. The van der Waals surface area contributed by atoms with Crippen molar-refractivity contribution in [2.24, 2.45) is 0 Å². The zero-order valence-electron chi connectivity index (χ0n) is 13.4. The summed E-state index contributed by atoms with van der Waals surface area (Å²) in [6.07, 6.45) is 0. The molecular weight excluding hydrogens is 379 g/mol. The van der Waals surface area contributed by atoms with E-state index in [-0.39, 0.29) is 22.4 Å². The molecule has 0 saturated heterocycles. The lowest BCUT2D eigenvalue weighted by Gasteiger charge is -2.18. The Balaban J connectivity index is 1.70. The highest BCUT2D eigenvalue weighted by Gasteiger charge is 2.18. The van der Waals surface area contributed by atoms with Crippen molar-refractivity contribution < 1.29 is 18.0 Å². The number of amides is 1. The summed E-state index contributed by atoms with van der Waals surface area (Å²) in [6, 6.07) is 12.5. The van der Waals surface area contributed by atoms with E-state index in [9.17, 15) is 18.0 Å². The van der Waals surface area contributed by atoms with Crippen LogP contribution in [0.4, 0.5) is 13.2 Å². The quantitative estimate of drug-likeness (QED) is 0.586. The maximum absolute atomic E-state index is 13.7. The number of carbonyl (C=O) groups excluding carboxylic acids is 1. The van der Waals surface area contributed by atoms with Crippen molar-refractivity contribution >= 4 is 29.0 Å². The van der Waals surface area contributed by atoms with Crippen molar-refractivity contribution in [3.8, 4) is 0 Å². The molecule has 1 N–H and O–H groups in total. The second kappa shape index (κ2) is 8.42. The van der Waals surface area contributed by atoms with Crippen LogP contribution in [0.5, 0.6) is 0 Å². The Hall–Kier alpha value is -2.25. The topological polar surface area (TPSA) is 29.1 Å². The number of carbonyl (C=O) groups is 1. The summed E-state index contributed by atoms with van der Waals surface area (Å²) >= 11 is 2.46. The number of rotatable bonds is 6. The molecule has 1 amide bonds. The summed E-state index contributed by atoms with van der Waals surface area (Å²) in [5, 5.41) is 4.78. The standard InChI is InChI=1S/C19H14F3NOS2/c20-13-5-3-12(4-6-13)19(17-2-1-9-25-17)23-18(24)11-26-16-8-7-14(21)10-15(16)22/h1-10,19H,11H2,(H,23,24)/t19-/m0/s1. The summed E-state index contributed by atoms with van der Waals surface area (Å²) in [6.45, 7) is 0. The van der Waals surface area contributed by atoms with Crippen molar-refractivity contribution in [2.45, 2.75) is 10.9 Å². The second-order valence-corrected chi connectivity index (χ2v) is 7.43. The number of halogens is 3. The Morgan fingerprint density at radius 2 is 1.77 bits per heavy atom. The number of hydrogen-bond donors (Lipinski definition) is 1. The van der Waals surface area contributed by atoms with E-state index >= 15 is 0 Å². The van der Waals surface area contributed by atoms with Gasteiger partial charge in [-0.1, -0.05) is 18.2 Å². The molecule has 0 aliphatic heterocycles. The van der Waals surface area contributed by atoms with E-state index in [0.717, 1.165) is 34.3 Å². The average Bonchev–Trinajstić information content (AvgIpc) is 3.14. The first-order chi connectivity index (χ1) is 12.5. The number of hydrogen-bond acceptors (Lipinski definition) is 3. The first-order valence-electron chi connectivity index (χ1n) is 7.69. The van der Waals surface area contributed by atoms with E-state index < -0.39 is 17.7 Å². The zero-order chi connectivity index (χ0) is 18.5. The Bertz CT molecular complexity index is 882. The summed E-state index contributed by atoms with van der Waals surface area (Å²) in [5.41, 5.74) is 0.750. The minimum Gasteiger partial charge on any atom is -0.344 e. The van der Waals surface area contributed by atoms with Crippen LogP contribution in [0.25, 0.3) is 0 Å². The van der Waals surface area contributed by atoms with Gasteiger partial charge < -0.3 is 5.32 Å². The molecule has 3 aromatic rings. The predicted molar refractivity (Wildman–Crippen MR) is 97.8 cm³/mol. The van der Waals surface area contributed by atoms with Crippen molar-refractivity contribution in [1.82, 2.24) is 5.32 Å². The summed E-state index contributed by atoms with van der Waals surface area (Å²) < 4.78 is 39.8. The minimum absolute atomic E-state index is 0.0222. The van der Waals surface area contributed by atoms with Gasteiger partial charge in [0.25, 0.3) is 0 Å². The van der Waals surface area contributed by atoms with Gasteiger partial charge >= 0.3 is 0 Å². The molecule has 1 heterocycles. The highest BCUT2D eigenvalue weighted by atomic mass is 32.2. The SMILES string of the molecule is O=C(CSc1ccc(F)cc1F)N[C@@H](c1ccc(F)cc1)c1cccs1. The molecule has 0 aliphatic rings. The molecule has 0 unspecified atom stereocenters. The van der Waals surface area contributed by atoms with Gasteiger partial charge in [-0.05, 0) is 41.3 Å². The molecule has 0 aliphatic carbocycles. The fraction of sp³-hybridized carbons (Fsp3) is 0.105. The predicted octanol–water partition coefficient (Wildman–Crippen LogP) is 5.16. The Labute approximate surface area is 157 Å². The molecule has 3 rings (SSSR count). The maximum atomic E-state index is 13.7. The molecule has 0 saturated carbocycles. The molecule has 1 aromatic heterocycles. The third kappa shape index (κ3) is 4.68. The molecule has 1 atom stereocenters. The van der Waals surface area contributed by atoms with Crippen LogP contribution in [0.15, 0.2) is 64.9 Å². The molecular formula is C19H14F3NOS2. The third-order valence-corrected chi connectivity index (χ3v) is 5.57. The summed E-state index contributed by atoms with van der Waals surface area (Å²) in [5.74, 6) is -2.04. The van der Waals surface area contributed by atoms with Crippen LogP contribution < -0.4 is 5.32 Å². The molecule has 7 heteroatoms. The van der Waals surface area contributed by atoms with Gasteiger partial charge in [-0.15, -0.1) is 23.1 Å². The number of thioether (sulfide) groups is 1. The van der Waals surface area contributed by atoms with Crippen LogP contribution in [-0.2, 0) is 4.79 Å². The van der Waals surface area contributed by atoms with E-state index in [1.807, 2.05) is 17.5 Å². The lowest BCUT2D eigenvalue weighted by Crippen LogP contribution is -2.30. The smallest absolute Gasteiger partial charge is 0.231 e. The molecule has 0 spiro atoms. The van der Waals surface area contributed by atoms with Gasteiger partial charge in [0.2, 0.25) is 5.91 Å². The van der Waals surface area contributed by atoms with Crippen LogP contribution >= 0.6 is 23.1 Å². The van der Waals surface area contributed by atoms with Crippen molar-refractivity contribution in [3.05, 3.63) is 87.9 Å². The molecule has 2 aromatic carbocycles. The molecule has 0 radical (unpaired) electrons. The molecule has 0 bridgehead atoms. The van der Waals surface area contributed by atoms with E-state index in [1.54, 1.807) is 12.1 Å². The normalized spacial score (nSPS) is 12.0. The Kier molecular flexibility index (Phi) is 6.00. The van der Waals surface area contributed by atoms with Crippen LogP contribution in [-0.4, -0.2) is 11.7 Å². The number of nitrogens with one attached hydrogen (secondary N) is 1. The molecule has 0 fully saturated rings. The Morgan fingerprint density at radius 3 is 2.42 bits per heavy atom.